The summed E-state index contributed by atoms with van der Waals surface area (Å²) < 4.78 is 0. The Morgan fingerprint density at radius 2 is 2.43 bits per heavy atom. The first kappa shape index (κ1) is 11.5. The van der Waals surface area contributed by atoms with Crippen molar-refractivity contribution < 1.29 is 4.79 Å². The number of carbonyl (C=O) groups excluding carboxylic acids is 1. The van der Waals surface area contributed by atoms with E-state index in [0.717, 1.165) is 25.9 Å². The number of nitrogens with one attached hydrogen (secondary N) is 1. The second-order valence-electron chi connectivity index (χ2n) is 3.88. The van der Waals surface area contributed by atoms with E-state index in [2.05, 4.69) is 24.1 Å². The Kier molecular flexibility index (Phi) is 4.35. The van der Waals surface area contributed by atoms with Gasteiger partial charge in [-0.2, -0.15) is 0 Å². The molecule has 1 rings (SSSR count). The maximum atomic E-state index is 11.6. The normalized spacial score (nSPS) is 25.9. The van der Waals surface area contributed by atoms with Gasteiger partial charge in [0.2, 0.25) is 5.91 Å². The highest BCUT2D eigenvalue weighted by Gasteiger charge is 2.30. The SMILES string of the molecule is CCC(C)N1CCNC(=O)C1CCN. The van der Waals surface area contributed by atoms with Gasteiger partial charge in [0.1, 0.15) is 0 Å². The molecule has 2 unspecified atom stereocenters. The Labute approximate surface area is 85.8 Å². The minimum atomic E-state index is -0.0105. The van der Waals surface area contributed by atoms with E-state index >= 15 is 0 Å². The zero-order valence-corrected chi connectivity index (χ0v) is 9.12. The van der Waals surface area contributed by atoms with Crippen LogP contribution in [-0.2, 0) is 4.79 Å². The van der Waals surface area contributed by atoms with E-state index in [1.165, 1.54) is 0 Å². The highest BCUT2D eigenvalue weighted by atomic mass is 16.2. The van der Waals surface area contributed by atoms with Crippen molar-refractivity contribution in [3.8, 4) is 0 Å². The molecule has 0 aromatic rings. The number of hydrogen-bond acceptors (Lipinski definition) is 3. The van der Waals surface area contributed by atoms with Gasteiger partial charge in [-0.3, -0.25) is 9.69 Å². The van der Waals surface area contributed by atoms with Crippen molar-refractivity contribution in [2.45, 2.75) is 38.8 Å². The molecule has 14 heavy (non-hydrogen) atoms. The van der Waals surface area contributed by atoms with Crippen LogP contribution in [0, 0.1) is 0 Å². The van der Waals surface area contributed by atoms with Gasteiger partial charge in [-0.15, -0.1) is 0 Å². The fourth-order valence-corrected chi connectivity index (χ4v) is 1.95. The number of hydrogen-bond donors (Lipinski definition) is 2. The lowest BCUT2D eigenvalue weighted by Crippen LogP contribution is -2.58. The predicted octanol–water partition coefficient (Wildman–Crippen LogP) is -0.0659. The average Bonchev–Trinajstić information content (AvgIpc) is 2.20. The summed E-state index contributed by atoms with van der Waals surface area (Å²) in [5.41, 5.74) is 5.52. The van der Waals surface area contributed by atoms with E-state index in [1.54, 1.807) is 0 Å². The van der Waals surface area contributed by atoms with E-state index in [-0.39, 0.29) is 11.9 Å². The van der Waals surface area contributed by atoms with Gasteiger partial charge in [-0.25, -0.2) is 0 Å². The summed E-state index contributed by atoms with van der Waals surface area (Å²) in [6, 6.07) is 0.460. The van der Waals surface area contributed by atoms with Crippen LogP contribution in [0.4, 0.5) is 0 Å². The van der Waals surface area contributed by atoms with E-state index in [1.807, 2.05) is 0 Å². The molecule has 0 aliphatic carbocycles. The zero-order valence-electron chi connectivity index (χ0n) is 9.12. The van der Waals surface area contributed by atoms with Gasteiger partial charge in [-0.05, 0) is 26.3 Å². The van der Waals surface area contributed by atoms with E-state index in [4.69, 9.17) is 5.73 Å². The number of amides is 1. The molecule has 1 heterocycles. The molecule has 82 valence electrons. The molecule has 4 heteroatoms. The summed E-state index contributed by atoms with van der Waals surface area (Å²) >= 11 is 0. The predicted molar refractivity (Wildman–Crippen MR) is 56.9 cm³/mol. The first-order valence-electron chi connectivity index (χ1n) is 5.44. The lowest BCUT2D eigenvalue weighted by atomic mass is 10.1. The molecule has 0 aromatic heterocycles. The summed E-state index contributed by atoms with van der Waals surface area (Å²) in [7, 11) is 0. The summed E-state index contributed by atoms with van der Waals surface area (Å²) in [4.78, 5) is 13.9. The largest absolute Gasteiger partial charge is 0.353 e. The standard InChI is InChI=1S/C10H21N3O/c1-3-8(2)13-7-6-12-10(14)9(13)4-5-11/h8-9H,3-7,11H2,1-2H3,(H,12,14). The second kappa shape index (κ2) is 5.32. The highest BCUT2D eigenvalue weighted by Crippen LogP contribution is 2.13. The van der Waals surface area contributed by atoms with Crippen LogP contribution >= 0.6 is 0 Å². The van der Waals surface area contributed by atoms with Gasteiger partial charge in [0, 0.05) is 19.1 Å². The molecule has 4 nitrogen and oxygen atoms in total. The minimum absolute atomic E-state index is 0.0105. The maximum absolute atomic E-state index is 11.6. The molecule has 1 amide bonds. The van der Waals surface area contributed by atoms with Crippen LogP contribution in [0.2, 0.25) is 0 Å². The number of carbonyl (C=O) groups is 1. The molecule has 0 bridgehead atoms. The summed E-state index contributed by atoms with van der Waals surface area (Å²) in [6.45, 7) is 6.61. The van der Waals surface area contributed by atoms with Crippen molar-refractivity contribution in [1.82, 2.24) is 10.2 Å². The Morgan fingerprint density at radius 1 is 1.71 bits per heavy atom. The van der Waals surface area contributed by atoms with Crippen molar-refractivity contribution in [1.29, 1.82) is 0 Å². The van der Waals surface area contributed by atoms with Crippen molar-refractivity contribution >= 4 is 5.91 Å². The first-order chi connectivity index (χ1) is 6.70. The van der Waals surface area contributed by atoms with Gasteiger partial charge < -0.3 is 11.1 Å². The number of nitrogens with two attached hydrogens (primary N) is 1. The minimum Gasteiger partial charge on any atom is -0.353 e. The molecule has 0 spiro atoms. The molecule has 1 aliphatic heterocycles. The van der Waals surface area contributed by atoms with E-state index in [0.29, 0.717) is 12.6 Å². The summed E-state index contributed by atoms with van der Waals surface area (Å²) in [5.74, 6) is 0.141. The van der Waals surface area contributed by atoms with Crippen LogP contribution < -0.4 is 11.1 Å². The third-order valence-electron chi connectivity index (χ3n) is 2.97. The smallest absolute Gasteiger partial charge is 0.237 e. The quantitative estimate of drug-likeness (QED) is 0.666. The van der Waals surface area contributed by atoms with Gasteiger partial charge in [0.15, 0.2) is 0 Å². The Hall–Kier alpha value is -0.610. The molecule has 0 saturated carbocycles. The van der Waals surface area contributed by atoms with Crippen LogP contribution in [0.3, 0.4) is 0 Å². The highest BCUT2D eigenvalue weighted by molar-refractivity contribution is 5.82. The fourth-order valence-electron chi connectivity index (χ4n) is 1.95. The molecular formula is C10H21N3O. The Bertz CT molecular complexity index is 196. The lowest BCUT2D eigenvalue weighted by molar-refractivity contribution is -0.130. The zero-order chi connectivity index (χ0) is 10.6. The third-order valence-corrected chi connectivity index (χ3v) is 2.97. The molecule has 3 N–H and O–H groups in total. The van der Waals surface area contributed by atoms with Crippen molar-refractivity contribution in [2.75, 3.05) is 19.6 Å². The van der Waals surface area contributed by atoms with E-state index < -0.39 is 0 Å². The molecule has 1 aliphatic rings. The first-order valence-corrected chi connectivity index (χ1v) is 5.44. The van der Waals surface area contributed by atoms with Crippen LogP contribution in [-0.4, -0.2) is 42.5 Å². The topological polar surface area (TPSA) is 58.4 Å². The summed E-state index contributed by atoms with van der Waals surface area (Å²) in [5, 5.41) is 2.89. The molecular weight excluding hydrogens is 178 g/mol. The second-order valence-corrected chi connectivity index (χ2v) is 3.88. The molecule has 1 fully saturated rings. The van der Waals surface area contributed by atoms with Crippen LogP contribution in [0.15, 0.2) is 0 Å². The molecule has 0 radical (unpaired) electrons. The van der Waals surface area contributed by atoms with Crippen LogP contribution in [0.25, 0.3) is 0 Å². The molecule has 1 saturated heterocycles. The van der Waals surface area contributed by atoms with Crippen LogP contribution in [0.1, 0.15) is 26.7 Å². The molecule has 0 aromatic carbocycles. The number of nitrogens with zero attached hydrogens (tertiary/aromatic N) is 1. The van der Waals surface area contributed by atoms with Crippen LogP contribution in [0.5, 0.6) is 0 Å². The maximum Gasteiger partial charge on any atom is 0.237 e. The fraction of sp³-hybridized carbons (Fsp3) is 0.900. The van der Waals surface area contributed by atoms with Gasteiger partial charge in [-0.1, -0.05) is 6.92 Å². The van der Waals surface area contributed by atoms with Gasteiger partial charge >= 0.3 is 0 Å². The van der Waals surface area contributed by atoms with Gasteiger partial charge in [0.05, 0.1) is 6.04 Å². The van der Waals surface area contributed by atoms with Crippen molar-refractivity contribution in [3.05, 3.63) is 0 Å². The number of rotatable bonds is 4. The monoisotopic (exact) mass is 199 g/mol. The Morgan fingerprint density at radius 3 is 3.00 bits per heavy atom. The molecule has 2 atom stereocenters. The van der Waals surface area contributed by atoms with Crippen molar-refractivity contribution in [2.24, 2.45) is 5.73 Å². The van der Waals surface area contributed by atoms with Gasteiger partial charge in [0.25, 0.3) is 0 Å². The summed E-state index contributed by atoms with van der Waals surface area (Å²) in [6.07, 6.45) is 1.84. The number of piperazine rings is 1. The van der Waals surface area contributed by atoms with E-state index in [9.17, 15) is 4.79 Å². The van der Waals surface area contributed by atoms with Crippen molar-refractivity contribution in [3.63, 3.8) is 0 Å². The Balaban J connectivity index is 2.64. The lowest BCUT2D eigenvalue weighted by Gasteiger charge is -2.38. The average molecular weight is 199 g/mol. The third kappa shape index (κ3) is 2.45.